The van der Waals surface area contributed by atoms with E-state index in [1.165, 1.54) is 7.05 Å². The van der Waals surface area contributed by atoms with Crippen LogP contribution in [-0.4, -0.2) is 57.5 Å². The van der Waals surface area contributed by atoms with Gasteiger partial charge in [-0.2, -0.15) is 0 Å². The van der Waals surface area contributed by atoms with Crippen molar-refractivity contribution in [2.75, 3.05) is 39.0 Å². The van der Waals surface area contributed by atoms with E-state index in [0.29, 0.717) is 6.42 Å². The Morgan fingerprint density at radius 2 is 1.94 bits per heavy atom. The molecule has 0 bridgehead atoms. The van der Waals surface area contributed by atoms with Gasteiger partial charge in [0.15, 0.2) is 0 Å². The predicted octanol–water partition coefficient (Wildman–Crippen LogP) is 0.410. The smallest absolute Gasteiger partial charge is 0.211 e. The van der Waals surface area contributed by atoms with Gasteiger partial charge in [-0.3, -0.25) is 0 Å². The molecule has 1 aliphatic heterocycles. The Balaban J connectivity index is 2.28. The molecule has 0 spiro atoms. The van der Waals surface area contributed by atoms with Gasteiger partial charge in [-0.15, -0.1) is 0 Å². The Kier molecular flexibility index (Phi) is 6.04. The monoisotopic (exact) mass is 278 g/mol. The van der Waals surface area contributed by atoms with Crippen LogP contribution in [0.25, 0.3) is 0 Å². The van der Waals surface area contributed by atoms with Crippen LogP contribution in [0.1, 0.15) is 32.6 Å². The Labute approximate surface area is 111 Å². The topological polar surface area (TPSA) is 69.6 Å². The van der Waals surface area contributed by atoms with E-state index >= 15 is 0 Å². The van der Waals surface area contributed by atoms with Crippen molar-refractivity contribution in [2.24, 2.45) is 5.41 Å². The van der Waals surface area contributed by atoms with Crippen molar-refractivity contribution in [3.05, 3.63) is 0 Å². The molecule has 0 aromatic rings. The number of nitrogens with zero attached hydrogens (tertiary/aromatic N) is 1. The highest BCUT2D eigenvalue weighted by molar-refractivity contribution is 7.89. The molecule has 0 unspecified atom stereocenters. The van der Waals surface area contributed by atoms with Gasteiger partial charge in [-0.05, 0) is 57.8 Å². The maximum atomic E-state index is 11.3. The van der Waals surface area contributed by atoms with Crippen molar-refractivity contribution in [3.63, 3.8) is 0 Å². The molecule has 2 N–H and O–H groups in total. The first-order valence-corrected chi connectivity index (χ1v) is 8.36. The van der Waals surface area contributed by atoms with Crippen LogP contribution >= 0.6 is 0 Å². The molecular weight excluding hydrogens is 252 g/mol. The van der Waals surface area contributed by atoms with Gasteiger partial charge in [0.25, 0.3) is 0 Å². The zero-order chi connectivity index (χ0) is 13.6. The average molecular weight is 278 g/mol. The highest BCUT2D eigenvalue weighted by atomic mass is 32.2. The van der Waals surface area contributed by atoms with Gasteiger partial charge in [0, 0.05) is 6.61 Å². The summed E-state index contributed by atoms with van der Waals surface area (Å²) >= 11 is 0. The van der Waals surface area contributed by atoms with Crippen LogP contribution in [0.2, 0.25) is 0 Å². The van der Waals surface area contributed by atoms with Gasteiger partial charge in [0.05, 0.1) is 5.75 Å². The standard InChI is InChI=1S/C12H26N2O3S/c1-3-12(11-15)5-8-14(9-6-12)7-4-10-18(16,17)13-2/h13,15H,3-11H2,1-2H3. The number of likely N-dealkylation sites (tertiary alicyclic amines) is 1. The fourth-order valence-electron chi connectivity index (χ4n) is 2.45. The van der Waals surface area contributed by atoms with E-state index in [1.54, 1.807) is 0 Å². The number of hydrogen-bond donors (Lipinski definition) is 2. The lowest BCUT2D eigenvalue weighted by atomic mass is 9.77. The summed E-state index contributed by atoms with van der Waals surface area (Å²) in [5.74, 6) is 0.193. The summed E-state index contributed by atoms with van der Waals surface area (Å²) in [5.41, 5.74) is 0.105. The number of sulfonamides is 1. The van der Waals surface area contributed by atoms with E-state index < -0.39 is 10.0 Å². The molecule has 0 atom stereocenters. The first kappa shape index (κ1) is 15.9. The number of aliphatic hydroxyl groups is 1. The molecule has 1 aliphatic rings. The number of piperidine rings is 1. The van der Waals surface area contributed by atoms with Crippen molar-refractivity contribution in [2.45, 2.75) is 32.6 Å². The van der Waals surface area contributed by atoms with Crippen molar-refractivity contribution in [1.82, 2.24) is 9.62 Å². The number of nitrogens with one attached hydrogen (secondary N) is 1. The van der Waals surface area contributed by atoms with Crippen molar-refractivity contribution < 1.29 is 13.5 Å². The average Bonchev–Trinajstić information content (AvgIpc) is 2.40. The molecule has 0 aliphatic carbocycles. The first-order chi connectivity index (χ1) is 8.47. The van der Waals surface area contributed by atoms with Gasteiger partial charge in [0.1, 0.15) is 0 Å². The molecule has 1 fully saturated rings. The lowest BCUT2D eigenvalue weighted by Crippen LogP contribution is -2.42. The highest BCUT2D eigenvalue weighted by Gasteiger charge is 2.31. The Hall–Kier alpha value is -0.170. The van der Waals surface area contributed by atoms with Gasteiger partial charge < -0.3 is 10.0 Å². The second kappa shape index (κ2) is 6.84. The fraction of sp³-hybridized carbons (Fsp3) is 1.00. The second-order valence-corrected chi connectivity index (χ2v) is 7.28. The third kappa shape index (κ3) is 4.50. The van der Waals surface area contributed by atoms with Crippen LogP contribution in [0, 0.1) is 5.41 Å². The minimum Gasteiger partial charge on any atom is -0.396 e. The molecular formula is C12H26N2O3S. The molecule has 6 heteroatoms. The minimum absolute atomic E-state index is 0.105. The summed E-state index contributed by atoms with van der Waals surface area (Å²) < 4.78 is 24.9. The van der Waals surface area contributed by atoms with E-state index in [2.05, 4.69) is 16.5 Å². The molecule has 0 aromatic heterocycles. The van der Waals surface area contributed by atoms with Crippen molar-refractivity contribution in [3.8, 4) is 0 Å². The Morgan fingerprint density at radius 3 is 2.39 bits per heavy atom. The van der Waals surface area contributed by atoms with E-state index in [4.69, 9.17) is 0 Å². The van der Waals surface area contributed by atoms with Crippen LogP contribution in [0.4, 0.5) is 0 Å². The molecule has 1 saturated heterocycles. The highest BCUT2D eigenvalue weighted by Crippen LogP contribution is 2.34. The lowest BCUT2D eigenvalue weighted by Gasteiger charge is -2.40. The molecule has 1 heterocycles. The zero-order valence-electron chi connectivity index (χ0n) is 11.5. The quantitative estimate of drug-likeness (QED) is 0.708. The number of hydrogen-bond acceptors (Lipinski definition) is 4. The van der Waals surface area contributed by atoms with E-state index in [9.17, 15) is 13.5 Å². The number of rotatable bonds is 7. The van der Waals surface area contributed by atoms with Gasteiger partial charge in [0.2, 0.25) is 10.0 Å². The van der Waals surface area contributed by atoms with Crippen LogP contribution in [0.15, 0.2) is 0 Å². The molecule has 0 amide bonds. The minimum atomic E-state index is -3.07. The molecule has 1 rings (SSSR count). The lowest BCUT2D eigenvalue weighted by molar-refractivity contribution is 0.0411. The summed E-state index contributed by atoms with van der Waals surface area (Å²) in [6.45, 7) is 5.16. The van der Waals surface area contributed by atoms with Crippen molar-refractivity contribution in [1.29, 1.82) is 0 Å². The number of aliphatic hydroxyl groups excluding tert-OH is 1. The first-order valence-electron chi connectivity index (χ1n) is 6.71. The summed E-state index contributed by atoms with van der Waals surface area (Å²) in [7, 11) is -1.62. The Morgan fingerprint density at radius 1 is 1.33 bits per heavy atom. The maximum absolute atomic E-state index is 11.3. The zero-order valence-corrected chi connectivity index (χ0v) is 12.3. The molecule has 18 heavy (non-hydrogen) atoms. The summed E-state index contributed by atoms with van der Waals surface area (Å²) in [5, 5.41) is 9.44. The van der Waals surface area contributed by atoms with E-state index in [0.717, 1.165) is 38.9 Å². The normalized spacial score (nSPS) is 21.1. The third-order valence-electron chi connectivity index (χ3n) is 4.20. The fourth-order valence-corrected chi connectivity index (χ4v) is 3.17. The van der Waals surface area contributed by atoms with Gasteiger partial charge in [-0.25, -0.2) is 13.1 Å². The van der Waals surface area contributed by atoms with Crippen LogP contribution in [0.5, 0.6) is 0 Å². The van der Waals surface area contributed by atoms with E-state index in [-0.39, 0.29) is 17.8 Å². The maximum Gasteiger partial charge on any atom is 0.211 e. The third-order valence-corrected chi connectivity index (χ3v) is 5.65. The van der Waals surface area contributed by atoms with E-state index in [1.807, 2.05) is 0 Å². The Bertz CT molecular complexity index is 329. The van der Waals surface area contributed by atoms with Gasteiger partial charge in [-0.1, -0.05) is 6.92 Å². The second-order valence-electron chi connectivity index (χ2n) is 5.23. The van der Waals surface area contributed by atoms with Gasteiger partial charge >= 0.3 is 0 Å². The molecule has 0 saturated carbocycles. The van der Waals surface area contributed by atoms with Crippen molar-refractivity contribution >= 4 is 10.0 Å². The summed E-state index contributed by atoms with van der Waals surface area (Å²) in [6, 6.07) is 0. The summed E-state index contributed by atoms with van der Waals surface area (Å²) in [6.07, 6.45) is 3.71. The van der Waals surface area contributed by atoms with Crippen LogP contribution < -0.4 is 4.72 Å². The van der Waals surface area contributed by atoms with Crippen LogP contribution in [0.3, 0.4) is 0 Å². The SMILES string of the molecule is CCC1(CO)CCN(CCCS(=O)(=O)NC)CC1. The summed E-state index contributed by atoms with van der Waals surface area (Å²) in [4.78, 5) is 2.30. The largest absolute Gasteiger partial charge is 0.396 e. The van der Waals surface area contributed by atoms with Crippen LogP contribution in [-0.2, 0) is 10.0 Å². The molecule has 5 nitrogen and oxygen atoms in total. The predicted molar refractivity (Wildman–Crippen MR) is 72.9 cm³/mol. The molecule has 108 valence electrons. The molecule has 0 aromatic carbocycles. The molecule has 0 radical (unpaired) electrons.